The summed E-state index contributed by atoms with van der Waals surface area (Å²) in [6.45, 7) is 3.56. The van der Waals surface area contributed by atoms with Crippen molar-refractivity contribution >= 4 is 11.9 Å². The van der Waals surface area contributed by atoms with Crippen LogP contribution in [-0.4, -0.2) is 56.2 Å². The van der Waals surface area contributed by atoms with Gasteiger partial charge in [0.1, 0.15) is 11.8 Å². The zero-order valence-electron chi connectivity index (χ0n) is 12.3. The molecule has 1 fully saturated rings. The molecule has 114 valence electrons. The Bertz CT molecular complexity index is 518. The molecule has 0 aliphatic carbocycles. The summed E-state index contributed by atoms with van der Waals surface area (Å²) in [5, 5.41) is 3.11. The summed E-state index contributed by atoms with van der Waals surface area (Å²) in [6, 6.07) is 6.41. The van der Waals surface area contributed by atoms with Gasteiger partial charge in [-0.3, -0.25) is 4.79 Å². The van der Waals surface area contributed by atoms with E-state index in [2.05, 4.69) is 5.32 Å². The first-order valence-corrected chi connectivity index (χ1v) is 7.00. The maximum Gasteiger partial charge on any atom is 0.330 e. The van der Waals surface area contributed by atoms with E-state index in [0.717, 1.165) is 0 Å². The molecule has 1 saturated heterocycles. The van der Waals surface area contributed by atoms with E-state index >= 15 is 0 Å². The van der Waals surface area contributed by atoms with Gasteiger partial charge in [-0.25, -0.2) is 4.79 Å². The van der Waals surface area contributed by atoms with Crippen LogP contribution in [0.25, 0.3) is 0 Å². The van der Waals surface area contributed by atoms with E-state index in [1.165, 1.54) is 7.11 Å². The van der Waals surface area contributed by atoms with Gasteiger partial charge in [0.05, 0.1) is 19.3 Å². The molecule has 1 aliphatic rings. The quantitative estimate of drug-likeness (QED) is 0.826. The topological polar surface area (TPSA) is 67.9 Å². The summed E-state index contributed by atoms with van der Waals surface area (Å²) in [5.74, 6) is -0.0939. The summed E-state index contributed by atoms with van der Waals surface area (Å²) in [7, 11) is 1.52. The molecular formula is C15H20N2O4. The lowest BCUT2D eigenvalue weighted by molar-refractivity contribution is -0.149. The average molecular weight is 292 g/mol. The van der Waals surface area contributed by atoms with Crippen LogP contribution in [0.3, 0.4) is 0 Å². The van der Waals surface area contributed by atoms with Crippen LogP contribution in [0.1, 0.15) is 17.3 Å². The van der Waals surface area contributed by atoms with Gasteiger partial charge in [0.2, 0.25) is 0 Å². The number of rotatable bonds is 4. The minimum Gasteiger partial charge on any atom is -0.496 e. The predicted octanol–water partition coefficient (Wildman–Crippen LogP) is 0.672. The Hall–Kier alpha value is -2.08. The molecule has 6 nitrogen and oxygen atoms in total. The Kier molecular flexibility index (Phi) is 5.16. The van der Waals surface area contributed by atoms with Crippen LogP contribution in [0.5, 0.6) is 5.75 Å². The largest absolute Gasteiger partial charge is 0.496 e. The van der Waals surface area contributed by atoms with Crippen molar-refractivity contribution in [3.63, 3.8) is 0 Å². The van der Waals surface area contributed by atoms with Crippen LogP contribution >= 0.6 is 0 Å². The van der Waals surface area contributed by atoms with E-state index in [1.54, 1.807) is 36.1 Å². The summed E-state index contributed by atoms with van der Waals surface area (Å²) in [4.78, 5) is 26.3. The highest BCUT2D eigenvalue weighted by atomic mass is 16.5. The third-order valence-corrected chi connectivity index (χ3v) is 3.40. The van der Waals surface area contributed by atoms with Crippen molar-refractivity contribution in [2.75, 3.05) is 33.4 Å². The normalized spacial score (nSPS) is 18.2. The molecular weight excluding hydrogens is 272 g/mol. The molecule has 1 amide bonds. The second-order valence-corrected chi connectivity index (χ2v) is 4.67. The van der Waals surface area contributed by atoms with Crippen molar-refractivity contribution in [3.05, 3.63) is 29.8 Å². The smallest absolute Gasteiger partial charge is 0.330 e. The van der Waals surface area contributed by atoms with Gasteiger partial charge in [-0.05, 0) is 19.1 Å². The highest BCUT2D eigenvalue weighted by Crippen LogP contribution is 2.21. The third-order valence-electron chi connectivity index (χ3n) is 3.40. The Labute approximate surface area is 124 Å². The lowest BCUT2D eigenvalue weighted by Gasteiger charge is -2.34. The standard InChI is InChI=1S/C15H20N2O4/c1-3-21-15(19)12-10-16-8-9-17(12)14(18)11-6-4-5-7-13(11)20-2/h4-7,12,16H,3,8-10H2,1-2H3. The third kappa shape index (κ3) is 3.33. The molecule has 1 aromatic carbocycles. The van der Waals surface area contributed by atoms with Crippen LogP contribution in [0.4, 0.5) is 0 Å². The Balaban J connectivity index is 2.24. The fraction of sp³-hybridized carbons (Fsp3) is 0.467. The number of carbonyl (C=O) groups excluding carboxylic acids is 2. The van der Waals surface area contributed by atoms with Crippen molar-refractivity contribution in [2.24, 2.45) is 0 Å². The van der Waals surface area contributed by atoms with Crippen LogP contribution < -0.4 is 10.1 Å². The van der Waals surface area contributed by atoms with Gasteiger partial charge < -0.3 is 19.7 Å². The number of benzene rings is 1. The number of ether oxygens (including phenoxy) is 2. The van der Waals surface area contributed by atoms with Gasteiger partial charge in [-0.15, -0.1) is 0 Å². The number of carbonyl (C=O) groups is 2. The molecule has 1 N–H and O–H groups in total. The molecule has 0 radical (unpaired) electrons. The molecule has 1 unspecified atom stereocenters. The van der Waals surface area contributed by atoms with Crippen LogP contribution in [-0.2, 0) is 9.53 Å². The zero-order valence-corrected chi connectivity index (χ0v) is 12.3. The second-order valence-electron chi connectivity index (χ2n) is 4.67. The van der Waals surface area contributed by atoms with Gasteiger partial charge in [0.15, 0.2) is 0 Å². The highest BCUT2D eigenvalue weighted by molar-refractivity contribution is 5.99. The first-order chi connectivity index (χ1) is 10.2. The van der Waals surface area contributed by atoms with Crippen LogP contribution in [0.2, 0.25) is 0 Å². The van der Waals surface area contributed by atoms with Crippen molar-refractivity contribution in [3.8, 4) is 5.75 Å². The lowest BCUT2D eigenvalue weighted by atomic mass is 10.1. The Morgan fingerprint density at radius 2 is 2.14 bits per heavy atom. The number of methoxy groups -OCH3 is 1. The molecule has 0 spiro atoms. The summed E-state index contributed by atoms with van der Waals surface area (Å²) in [5.41, 5.74) is 0.455. The van der Waals surface area contributed by atoms with Crippen molar-refractivity contribution in [2.45, 2.75) is 13.0 Å². The molecule has 0 bridgehead atoms. The van der Waals surface area contributed by atoms with Crippen molar-refractivity contribution in [1.82, 2.24) is 10.2 Å². The minimum absolute atomic E-state index is 0.216. The molecule has 6 heteroatoms. The van der Waals surface area contributed by atoms with E-state index in [1.807, 2.05) is 0 Å². The Morgan fingerprint density at radius 3 is 2.86 bits per heavy atom. The fourth-order valence-corrected chi connectivity index (χ4v) is 2.37. The van der Waals surface area contributed by atoms with Gasteiger partial charge >= 0.3 is 5.97 Å². The monoisotopic (exact) mass is 292 g/mol. The molecule has 21 heavy (non-hydrogen) atoms. The SMILES string of the molecule is CCOC(=O)C1CNCCN1C(=O)c1ccccc1OC. The zero-order chi connectivity index (χ0) is 15.2. The number of amides is 1. The van der Waals surface area contributed by atoms with E-state index in [-0.39, 0.29) is 11.9 Å². The number of hydrogen-bond donors (Lipinski definition) is 1. The summed E-state index contributed by atoms with van der Waals surface area (Å²) >= 11 is 0. The molecule has 1 atom stereocenters. The van der Waals surface area contributed by atoms with E-state index in [0.29, 0.717) is 37.6 Å². The van der Waals surface area contributed by atoms with Crippen molar-refractivity contribution in [1.29, 1.82) is 0 Å². The Morgan fingerprint density at radius 1 is 1.38 bits per heavy atom. The van der Waals surface area contributed by atoms with E-state index < -0.39 is 6.04 Å². The van der Waals surface area contributed by atoms with Gasteiger partial charge in [-0.2, -0.15) is 0 Å². The second kappa shape index (κ2) is 7.08. The number of hydrogen-bond acceptors (Lipinski definition) is 5. The van der Waals surface area contributed by atoms with Crippen LogP contribution in [0, 0.1) is 0 Å². The van der Waals surface area contributed by atoms with E-state index in [9.17, 15) is 9.59 Å². The van der Waals surface area contributed by atoms with Crippen molar-refractivity contribution < 1.29 is 19.1 Å². The fourth-order valence-electron chi connectivity index (χ4n) is 2.37. The van der Waals surface area contributed by atoms with E-state index in [4.69, 9.17) is 9.47 Å². The number of nitrogens with zero attached hydrogens (tertiary/aromatic N) is 1. The summed E-state index contributed by atoms with van der Waals surface area (Å²) in [6.07, 6.45) is 0. The molecule has 1 aromatic rings. The van der Waals surface area contributed by atoms with Gasteiger partial charge in [0, 0.05) is 19.6 Å². The highest BCUT2D eigenvalue weighted by Gasteiger charge is 2.34. The van der Waals surface area contributed by atoms with Gasteiger partial charge in [-0.1, -0.05) is 12.1 Å². The minimum atomic E-state index is -0.601. The first-order valence-electron chi connectivity index (χ1n) is 7.00. The molecule has 1 heterocycles. The first kappa shape index (κ1) is 15.3. The lowest BCUT2D eigenvalue weighted by Crippen LogP contribution is -2.57. The van der Waals surface area contributed by atoms with Gasteiger partial charge in [0.25, 0.3) is 5.91 Å². The summed E-state index contributed by atoms with van der Waals surface area (Å²) < 4.78 is 10.3. The molecule has 2 rings (SSSR count). The number of esters is 1. The molecule has 1 aliphatic heterocycles. The predicted molar refractivity (Wildman–Crippen MR) is 77.3 cm³/mol. The number of para-hydroxylation sites is 1. The number of nitrogens with one attached hydrogen (secondary N) is 1. The maximum absolute atomic E-state index is 12.7. The average Bonchev–Trinajstić information content (AvgIpc) is 2.54. The van der Waals surface area contributed by atoms with Crippen LogP contribution in [0.15, 0.2) is 24.3 Å². The molecule has 0 aromatic heterocycles. The maximum atomic E-state index is 12.7. The molecule has 0 saturated carbocycles. The number of piperazine rings is 1.